The van der Waals surface area contributed by atoms with Crippen LogP contribution in [0.3, 0.4) is 0 Å². The summed E-state index contributed by atoms with van der Waals surface area (Å²) in [5.74, 6) is -0.182. The van der Waals surface area contributed by atoms with Gasteiger partial charge in [-0.05, 0) is 25.8 Å². The molecule has 4 nitrogen and oxygen atoms in total. The fourth-order valence-electron chi connectivity index (χ4n) is 2.56. The Morgan fingerprint density at radius 1 is 1.53 bits per heavy atom. The quantitative estimate of drug-likeness (QED) is 0.910. The Morgan fingerprint density at radius 2 is 2.21 bits per heavy atom. The predicted octanol–water partition coefficient (Wildman–Crippen LogP) is 2.67. The van der Waals surface area contributed by atoms with Crippen LogP contribution in [0.2, 0.25) is 0 Å². The van der Waals surface area contributed by atoms with Crippen molar-refractivity contribution in [3.63, 3.8) is 0 Å². The van der Waals surface area contributed by atoms with Crippen molar-refractivity contribution in [2.45, 2.75) is 38.6 Å². The van der Waals surface area contributed by atoms with Crippen LogP contribution in [0.25, 0.3) is 0 Å². The van der Waals surface area contributed by atoms with Gasteiger partial charge in [0, 0.05) is 19.6 Å². The van der Waals surface area contributed by atoms with Crippen molar-refractivity contribution in [3.8, 4) is 0 Å². The van der Waals surface area contributed by atoms with Gasteiger partial charge in [-0.15, -0.1) is 0 Å². The van der Waals surface area contributed by atoms with Gasteiger partial charge in [0.2, 0.25) is 0 Å². The Labute approximate surface area is 113 Å². The first-order chi connectivity index (χ1) is 9.13. The zero-order chi connectivity index (χ0) is 13.8. The van der Waals surface area contributed by atoms with Crippen LogP contribution in [-0.2, 0) is 0 Å². The molecule has 0 aromatic carbocycles. The molecular formula is C14H20FN3O. The van der Waals surface area contributed by atoms with Crippen LogP contribution in [0, 0.1) is 5.82 Å². The van der Waals surface area contributed by atoms with Crippen molar-refractivity contribution in [1.29, 1.82) is 0 Å². The average Bonchev–Trinajstić information content (AvgIpc) is 2.93. The minimum atomic E-state index is -0.482. The third-order valence-corrected chi connectivity index (χ3v) is 3.62. The topological polar surface area (TPSA) is 45.2 Å². The van der Waals surface area contributed by atoms with Gasteiger partial charge in [-0.1, -0.05) is 12.8 Å². The first-order valence-electron chi connectivity index (χ1n) is 6.80. The highest BCUT2D eigenvalue weighted by atomic mass is 19.1. The summed E-state index contributed by atoms with van der Waals surface area (Å²) in [5, 5.41) is 3.00. The van der Waals surface area contributed by atoms with E-state index in [2.05, 4.69) is 10.3 Å². The maximum atomic E-state index is 13.3. The van der Waals surface area contributed by atoms with Gasteiger partial charge in [-0.3, -0.25) is 4.79 Å². The third kappa shape index (κ3) is 3.03. The van der Waals surface area contributed by atoms with Gasteiger partial charge in [0.1, 0.15) is 11.6 Å². The molecule has 0 bridgehead atoms. The van der Waals surface area contributed by atoms with Crippen LogP contribution in [0.4, 0.5) is 10.2 Å². The van der Waals surface area contributed by atoms with Crippen LogP contribution in [0.5, 0.6) is 0 Å². The Bertz CT molecular complexity index is 458. The number of hydrogen-bond acceptors (Lipinski definition) is 3. The van der Waals surface area contributed by atoms with E-state index in [0.29, 0.717) is 17.9 Å². The smallest absolute Gasteiger partial charge is 0.257 e. The van der Waals surface area contributed by atoms with E-state index in [1.54, 1.807) is 11.9 Å². The number of amides is 1. The SMILES string of the molecule is CCNc1ncc(F)cc1C(=O)N(C)C1CCCC1. The molecule has 5 heteroatoms. The maximum absolute atomic E-state index is 13.3. The van der Waals surface area contributed by atoms with Gasteiger partial charge in [0.15, 0.2) is 0 Å². The normalized spacial score (nSPS) is 15.5. The zero-order valence-corrected chi connectivity index (χ0v) is 11.4. The molecule has 1 N–H and O–H groups in total. The van der Waals surface area contributed by atoms with Crippen molar-refractivity contribution in [2.75, 3.05) is 18.9 Å². The molecule has 1 amide bonds. The molecule has 0 aliphatic heterocycles. The number of hydrogen-bond donors (Lipinski definition) is 1. The van der Waals surface area contributed by atoms with E-state index in [1.807, 2.05) is 6.92 Å². The second-order valence-corrected chi connectivity index (χ2v) is 4.93. The number of nitrogens with one attached hydrogen (secondary N) is 1. The minimum Gasteiger partial charge on any atom is -0.370 e. The molecule has 104 valence electrons. The summed E-state index contributed by atoms with van der Waals surface area (Å²) >= 11 is 0. The predicted molar refractivity (Wildman–Crippen MR) is 72.7 cm³/mol. The molecule has 0 spiro atoms. The second kappa shape index (κ2) is 5.99. The molecule has 1 aliphatic carbocycles. The lowest BCUT2D eigenvalue weighted by Gasteiger charge is -2.25. The summed E-state index contributed by atoms with van der Waals surface area (Å²) in [6.45, 7) is 2.56. The van der Waals surface area contributed by atoms with E-state index in [4.69, 9.17) is 0 Å². The van der Waals surface area contributed by atoms with Crippen LogP contribution >= 0.6 is 0 Å². The molecule has 1 aromatic heterocycles. The molecule has 2 rings (SSSR count). The van der Waals surface area contributed by atoms with Crippen LogP contribution in [0.15, 0.2) is 12.3 Å². The molecule has 1 fully saturated rings. The molecule has 1 aliphatic rings. The first-order valence-corrected chi connectivity index (χ1v) is 6.80. The monoisotopic (exact) mass is 265 g/mol. The van der Waals surface area contributed by atoms with E-state index >= 15 is 0 Å². The molecule has 19 heavy (non-hydrogen) atoms. The minimum absolute atomic E-state index is 0.158. The van der Waals surface area contributed by atoms with E-state index in [0.717, 1.165) is 31.9 Å². The molecule has 1 heterocycles. The van der Waals surface area contributed by atoms with Gasteiger partial charge in [-0.2, -0.15) is 0 Å². The number of halogens is 1. The average molecular weight is 265 g/mol. The van der Waals surface area contributed by atoms with Crippen LogP contribution in [-0.4, -0.2) is 35.4 Å². The molecule has 0 unspecified atom stereocenters. The van der Waals surface area contributed by atoms with Crippen molar-refractivity contribution < 1.29 is 9.18 Å². The Hall–Kier alpha value is -1.65. The molecule has 1 saturated carbocycles. The lowest BCUT2D eigenvalue weighted by Crippen LogP contribution is -2.35. The fraction of sp³-hybridized carbons (Fsp3) is 0.571. The maximum Gasteiger partial charge on any atom is 0.257 e. The lowest BCUT2D eigenvalue weighted by molar-refractivity contribution is 0.0735. The number of pyridine rings is 1. The van der Waals surface area contributed by atoms with Crippen LogP contribution < -0.4 is 5.32 Å². The number of anilines is 1. The lowest BCUT2D eigenvalue weighted by atomic mass is 10.1. The van der Waals surface area contributed by atoms with Crippen molar-refractivity contribution in [3.05, 3.63) is 23.6 Å². The Balaban J connectivity index is 2.23. The van der Waals surface area contributed by atoms with Gasteiger partial charge < -0.3 is 10.2 Å². The van der Waals surface area contributed by atoms with Gasteiger partial charge in [0.05, 0.1) is 11.8 Å². The number of rotatable bonds is 4. The van der Waals surface area contributed by atoms with Crippen molar-refractivity contribution in [2.24, 2.45) is 0 Å². The molecule has 1 aromatic rings. The van der Waals surface area contributed by atoms with Gasteiger partial charge >= 0.3 is 0 Å². The summed E-state index contributed by atoms with van der Waals surface area (Å²) < 4.78 is 13.3. The second-order valence-electron chi connectivity index (χ2n) is 4.93. The summed E-state index contributed by atoms with van der Waals surface area (Å²) in [4.78, 5) is 18.1. The van der Waals surface area contributed by atoms with E-state index in [-0.39, 0.29) is 11.9 Å². The fourth-order valence-corrected chi connectivity index (χ4v) is 2.56. The standard InChI is InChI=1S/C14H20FN3O/c1-3-16-13-12(8-10(15)9-17-13)14(19)18(2)11-6-4-5-7-11/h8-9,11H,3-7H2,1-2H3,(H,16,17). The van der Waals surface area contributed by atoms with E-state index in [9.17, 15) is 9.18 Å². The molecule has 0 atom stereocenters. The summed E-state index contributed by atoms with van der Waals surface area (Å²) in [6.07, 6.45) is 5.50. The molecule has 0 radical (unpaired) electrons. The zero-order valence-electron chi connectivity index (χ0n) is 11.4. The number of aromatic nitrogens is 1. The number of nitrogens with zero attached hydrogens (tertiary/aromatic N) is 2. The summed E-state index contributed by atoms with van der Waals surface area (Å²) in [5.41, 5.74) is 0.316. The summed E-state index contributed by atoms with van der Waals surface area (Å²) in [7, 11) is 1.79. The summed E-state index contributed by atoms with van der Waals surface area (Å²) in [6, 6.07) is 1.53. The van der Waals surface area contributed by atoms with Crippen molar-refractivity contribution >= 4 is 11.7 Å². The molecule has 0 saturated heterocycles. The Morgan fingerprint density at radius 3 is 2.84 bits per heavy atom. The largest absolute Gasteiger partial charge is 0.370 e. The first kappa shape index (κ1) is 13.8. The van der Waals surface area contributed by atoms with E-state index in [1.165, 1.54) is 6.07 Å². The Kier molecular flexibility index (Phi) is 4.35. The highest BCUT2D eigenvalue weighted by Crippen LogP contribution is 2.25. The molecular weight excluding hydrogens is 245 g/mol. The third-order valence-electron chi connectivity index (χ3n) is 3.62. The van der Waals surface area contributed by atoms with Crippen LogP contribution in [0.1, 0.15) is 43.0 Å². The number of carbonyl (C=O) groups is 1. The highest BCUT2D eigenvalue weighted by Gasteiger charge is 2.26. The van der Waals surface area contributed by atoms with E-state index < -0.39 is 5.82 Å². The van der Waals surface area contributed by atoms with Gasteiger partial charge in [0.25, 0.3) is 5.91 Å². The van der Waals surface area contributed by atoms with Gasteiger partial charge in [-0.25, -0.2) is 9.37 Å². The highest BCUT2D eigenvalue weighted by molar-refractivity contribution is 5.98. The van der Waals surface area contributed by atoms with Crippen molar-refractivity contribution in [1.82, 2.24) is 9.88 Å². The number of carbonyl (C=O) groups excluding carboxylic acids is 1.